The zero-order valence-electron chi connectivity index (χ0n) is 7.31. The van der Waals surface area contributed by atoms with Crippen LogP contribution in [0, 0.1) is 11.3 Å². The molecular formula is C8H15NO2. The van der Waals surface area contributed by atoms with Crippen LogP contribution in [0.15, 0.2) is 0 Å². The predicted octanol–water partition coefficient (Wildman–Crippen LogP) is 1.10. The molecule has 64 valence electrons. The molecule has 0 aromatic heterocycles. The van der Waals surface area contributed by atoms with Crippen LogP contribution in [0.2, 0.25) is 0 Å². The first-order valence-electron chi connectivity index (χ1n) is 3.97. The largest absolute Gasteiger partial charge is 0.277 e. The number of nitrogens with one attached hydrogen (secondary N) is 1. The molecule has 0 heterocycles. The van der Waals surface area contributed by atoms with Crippen molar-refractivity contribution in [2.24, 2.45) is 11.3 Å². The summed E-state index contributed by atoms with van der Waals surface area (Å²) in [6.07, 6.45) is 2.06. The summed E-state index contributed by atoms with van der Waals surface area (Å²) in [6.45, 7) is 4.24. The number of carbonyl (C=O) groups excluding carboxylic acids is 1. The van der Waals surface area contributed by atoms with Crippen LogP contribution in [0.3, 0.4) is 0 Å². The molecule has 0 aromatic carbocycles. The third kappa shape index (κ3) is 1.53. The Kier molecular flexibility index (Phi) is 2.18. The lowest BCUT2D eigenvalue weighted by atomic mass is 10.0. The molecule has 0 spiro atoms. The minimum absolute atomic E-state index is 0.0249. The highest BCUT2D eigenvalue weighted by molar-refractivity contribution is 5.81. The number of carbonyl (C=O) groups is 1. The third-order valence-corrected chi connectivity index (χ3v) is 2.68. The molecule has 3 nitrogen and oxygen atoms in total. The van der Waals surface area contributed by atoms with E-state index in [9.17, 15) is 4.79 Å². The van der Waals surface area contributed by atoms with Gasteiger partial charge in [-0.1, -0.05) is 13.8 Å². The third-order valence-electron chi connectivity index (χ3n) is 2.68. The van der Waals surface area contributed by atoms with Gasteiger partial charge in [0.25, 0.3) is 0 Å². The number of rotatable bonds is 3. The van der Waals surface area contributed by atoms with Crippen LogP contribution in [0.4, 0.5) is 0 Å². The first-order valence-corrected chi connectivity index (χ1v) is 3.97. The van der Waals surface area contributed by atoms with Gasteiger partial charge in [-0.15, -0.1) is 0 Å². The average Bonchev–Trinajstić information content (AvgIpc) is 2.65. The summed E-state index contributed by atoms with van der Waals surface area (Å²) in [5.41, 5.74) is 2.60. The Bertz CT molecular complexity index is 169. The van der Waals surface area contributed by atoms with Crippen molar-refractivity contribution in [3.8, 4) is 0 Å². The maximum atomic E-state index is 11.1. The van der Waals surface area contributed by atoms with Gasteiger partial charge in [0.05, 0.1) is 7.11 Å². The molecule has 2 atom stereocenters. The van der Waals surface area contributed by atoms with Gasteiger partial charge in [-0.2, -0.15) is 0 Å². The summed E-state index contributed by atoms with van der Waals surface area (Å²) < 4.78 is 0. The topological polar surface area (TPSA) is 38.3 Å². The summed E-state index contributed by atoms with van der Waals surface area (Å²) in [7, 11) is 1.46. The average molecular weight is 157 g/mol. The van der Waals surface area contributed by atoms with Gasteiger partial charge >= 0.3 is 0 Å². The van der Waals surface area contributed by atoms with Gasteiger partial charge in [-0.3, -0.25) is 9.63 Å². The summed E-state index contributed by atoms with van der Waals surface area (Å²) in [4.78, 5) is 15.7. The molecule has 1 aliphatic rings. The van der Waals surface area contributed by atoms with E-state index in [0.717, 1.165) is 12.8 Å². The van der Waals surface area contributed by atoms with Crippen LogP contribution < -0.4 is 5.48 Å². The van der Waals surface area contributed by atoms with Gasteiger partial charge in [-0.25, -0.2) is 5.48 Å². The van der Waals surface area contributed by atoms with Crippen molar-refractivity contribution >= 4 is 5.91 Å². The van der Waals surface area contributed by atoms with Crippen molar-refractivity contribution in [2.75, 3.05) is 7.11 Å². The standard InChI is InChI=1S/C8H15NO2/c1-4-8(2)5-6(8)7(10)9-11-3/h6H,4-5H2,1-3H3,(H,9,10). The normalized spacial score (nSPS) is 35.0. The highest BCUT2D eigenvalue weighted by Crippen LogP contribution is 2.54. The van der Waals surface area contributed by atoms with E-state index in [4.69, 9.17) is 0 Å². The van der Waals surface area contributed by atoms with Crippen LogP contribution >= 0.6 is 0 Å². The Morgan fingerprint density at radius 3 is 2.82 bits per heavy atom. The fourth-order valence-corrected chi connectivity index (χ4v) is 1.38. The molecule has 0 saturated heterocycles. The zero-order valence-corrected chi connectivity index (χ0v) is 7.31. The summed E-state index contributed by atoms with van der Waals surface area (Å²) in [5.74, 6) is 0.198. The smallest absolute Gasteiger partial charge is 0.247 e. The lowest BCUT2D eigenvalue weighted by Crippen LogP contribution is -2.25. The molecule has 1 amide bonds. The molecule has 1 saturated carbocycles. The van der Waals surface area contributed by atoms with E-state index in [1.54, 1.807) is 0 Å². The van der Waals surface area contributed by atoms with Crippen molar-refractivity contribution in [3.05, 3.63) is 0 Å². The fraction of sp³-hybridized carbons (Fsp3) is 0.875. The lowest BCUT2D eigenvalue weighted by Gasteiger charge is -2.06. The molecule has 0 aliphatic heterocycles. The first kappa shape index (κ1) is 8.53. The second kappa shape index (κ2) is 2.81. The monoisotopic (exact) mass is 157 g/mol. The van der Waals surface area contributed by atoms with Crippen LogP contribution in [0.5, 0.6) is 0 Å². The number of amides is 1. The number of hydrogen-bond donors (Lipinski definition) is 1. The SMILES string of the molecule is CCC1(C)CC1C(=O)NOC. The second-order valence-corrected chi connectivity index (χ2v) is 3.43. The molecule has 1 N–H and O–H groups in total. The van der Waals surface area contributed by atoms with Crippen LogP contribution in [-0.4, -0.2) is 13.0 Å². The van der Waals surface area contributed by atoms with Gasteiger partial charge in [0, 0.05) is 5.92 Å². The van der Waals surface area contributed by atoms with E-state index < -0.39 is 0 Å². The Morgan fingerprint density at radius 1 is 1.82 bits per heavy atom. The van der Waals surface area contributed by atoms with E-state index >= 15 is 0 Å². The molecule has 0 radical (unpaired) electrons. The Morgan fingerprint density at radius 2 is 2.45 bits per heavy atom. The molecular weight excluding hydrogens is 142 g/mol. The van der Waals surface area contributed by atoms with Crippen LogP contribution in [0.1, 0.15) is 26.7 Å². The Balaban J connectivity index is 2.36. The van der Waals surface area contributed by atoms with E-state index in [-0.39, 0.29) is 17.2 Å². The quantitative estimate of drug-likeness (QED) is 0.623. The minimum atomic E-state index is 0.0249. The maximum Gasteiger partial charge on any atom is 0.247 e. The number of hydrogen-bond acceptors (Lipinski definition) is 2. The Labute approximate surface area is 67.1 Å². The predicted molar refractivity (Wildman–Crippen MR) is 41.7 cm³/mol. The Hall–Kier alpha value is -0.570. The summed E-state index contributed by atoms with van der Waals surface area (Å²) in [6, 6.07) is 0. The van der Waals surface area contributed by atoms with Crippen molar-refractivity contribution < 1.29 is 9.63 Å². The van der Waals surface area contributed by atoms with E-state index in [2.05, 4.69) is 24.2 Å². The molecule has 1 aliphatic carbocycles. The van der Waals surface area contributed by atoms with Gasteiger partial charge in [0.2, 0.25) is 5.91 Å². The minimum Gasteiger partial charge on any atom is -0.277 e. The van der Waals surface area contributed by atoms with Gasteiger partial charge in [0.15, 0.2) is 0 Å². The molecule has 1 fully saturated rings. The molecule has 0 bridgehead atoms. The highest BCUT2D eigenvalue weighted by atomic mass is 16.6. The first-order chi connectivity index (χ1) is 5.14. The van der Waals surface area contributed by atoms with Crippen LogP contribution in [-0.2, 0) is 9.63 Å². The highest BCUT2D eigenvalue weighted by Gasteiger charge is 2.52. The summed E-state index contributed by atoms with van der Waals surface area (Å²) >= 11 is 0. The van der Waals surface area contributed by atoms with E-state index in [1.165, 1.54) is 7.11 Å². The fourth-order valence-electron chi connectivity index (χ4n) is 1.38. The van der Waals surface area contributed by atoms with E-state index in [1.807, 2.05) is 0 Å². The van der Waals surface area contributed by atoms with Gasteiger partial charge in [0.1, 0.15) is 0 Å². The second-order valence-electron chi connectivity index (χ2n) is 3.43. The van der Waals surface area contributed by atoms with Crippen molar-refractivity contribution in [1.82, 2.24) is 5.48 Å². The molecule has 11 heavy (non-hydrogen) atoms. The molecule has 2 unspecified atom stereocenters. The van der Waals surface area contributed by atoms with Crippen LogP contribution in [0.25, 0.3) is 0 Å². The molecule has 1 rings (SSSR count). The molecule has 0 aromatic rings. The van der Waals surface area contributed by atoms with E-state index in [0.29, 0.717) is 0 Å². The summed E-state index contributed by atoms with van der Waals surface area (Å²) in [5, 5.41) is 0. The van der Waals surface area contributed by atoms with Crippen molar-refractivity contribution in [1.29, 1.82) is 0 Å². The lowest BCUT2D eigenvalue weighted by molar-refractivity contribution is -0.133. The van der Waals surface area contributed by atoms with Crippen molar-refractivity contribution in [3.63, 3.8) is 0 Å². The zero-order chi connectivity index (χ0) is 8.48. The van der Waals surface area contributed by atoms with Crippen molar-refractivity contribution in [2.45, 2.75) is 26.7 Å². The molecule has 3 heteroatoms. The maximum absolute atomic E-state index is 11.1. The number of hydroxylamine groups is 1. The van der Waals surface area contributed by atoms with Gasteiger partial charge < -0.3 is 0 Å². The van der Waals surface area contributed by atoms with Gasteiger partial charge in [-0.05, 0) is 18.3 Å².